The number of carbonyl (C=O) groups is 1. The van der Waals surface area contributed by atoms with E-state index in [0.717, 1.165) is 26.1 Å². The number of H-pyrrole nitrogens is 1. The molecular weight excluding hydrogens is 321 g/mol. The molecule has 0 saturated carbocycles. The Kier molecular flexibility index (Phi) is 5.53. The van der Waals surface area contributed by atoms with Gasteiger partial charge in [0.15, 0.2) is 0 Å². The van der Waals surface area contributed by atoms with Gasteiger partial charge in [-0.2, -0.15) is 0 Å². The van der Waals surface area contributed by atoms with Crippen LogP contribution in [-0.2, 0) is 6.54 Å². The van der Waals surface area contributed by atoms with E-state index < -0.39 is 0 Å². The Hall–Kier alpha value is -2.15. The van der Waals surface area contributed by atoms with Crippen LogP contribution in [0.15, 0.2) is 18.2 Å². The minimum absolute atomic E-state index is 0.111. The first-order valence-electron chi connectivity index (χ1n) is 8.90. The summed E-state index contributed by atoms with van der Waals surface area (Å²) in [6.07, 6.45) is 2.31. The van der Waals surface area contributed by atoms with Crippen molar-refractivity contribution in [2.45, 2.75) is 26.3 Å². The minimum Gasteiger partial charge on any atom is -0.340 e. The highest BCUT2D eigenvalue weighted by molar-refractivity contribution is 5.76. The van der Waals surface area contributed by atoms with Gasteiger partial charge in [-0.05, 0) is 50.0 Å². The van der Waals surface area contributed by atoms with Crippen molar-refractivity contribution in [3.63, 3.8) is 0 Å². The molecular formula is C18H26FN5O. The van der Waals surface area contributed by atoms with Crippen molar-refractivity contribution in [3.05, 3.63) is 29.8 Å². The number of fused-ring (bicyclic) bond motifs is 1. The van der Waals surface area contributed by atoms with Crippen LogP contribution in [-0.4, -0.2) is 59.0 Å². The summed E-state index contributed by atoms with van der Waals surface area (Å²) in [5.41, 5.74) is 1.35. The van der Waals surface area contributed by atoms with Crippen LogP contribution in [0.25, 0.3) is 11.0 Å². The van der Waals surface area contributed by atoms with E-state index in [1.807, 2.05) is 0 Å². The topological polar surface area (TPSA) is 64.3 Å². The first-order chi connectivity index (χ1) is 12.0. The van der Waals surface area contributed by atoms with Crippen LogP contribution in [0.1, 0.15) is 25.6 Å². The number of nitrogens with one attached hydrogen (secondary N) is 2. The molecule has 1 fully saturated rings. The highest BCUT2D eigenvalue weighted by Gasteiger charge is 2.22. The van der Waals surface area contributed by atoms with E-state index in [-0.39, 0.29) is 11.8 Å². The van der Waals surface area contributed by atoms with E-state index in [2.05, 4.69) is 27.1 Å². The van der Waals surface area contributed by atoms with Crippen molar-refractivity contribution in [2.24, 2.45) is 5.92 Å². The van der Waals surface area contributed by atoms with Gasteiger partial charge in [-0.25, -0.2) is 14.2 Å². The van der Waals surface area contributed by atoms with Gasteiger partial charge in [0, 0.05) is 20.1 Å². The Morgan fingerprint density at radius 2 is 2.36 bits per heavy atom. The molecule has 2 N–H and O–H groups in total. The number of carbonyl (C=O) groups excluding carboxylic acids is 1. The summed E-state index contributed by atoms with van der Waals surface area (Å²) in [6.45, 7) is 6.57. The molecule has 2 aromatic rings. The predicted octanol–water partition coefficient (Wildman–Crippen LogP) is 2.58. The van der Waals surface area contributed by atoms with Crippen molar-refractivity contribution in [2.75, 3.05) is 33.2 Å². The first kappa shape index (κ1) is 17.7. The minimum atomic E-state index is -0.303. The fraction of sp³-hybridized carbons (Fsp3) is 0.556. The number of benzene rings is 1. The van der Waals surface area contributed by atoms with Gasteiger partial charge in [0.1, 0.15) is 11.6 Å². The van der Waals surface area contributed by atoms with Crippen molar-refractivity contribution < 1.29 is 9.18 Å². The van der Waals surface area contributed by atoms with E-state index in [0.29, 0.717) is 35.9 Å². The van der Waals surface area contributed by atoms with Crippen LogP contribution < -0.4 is 5.32 Å². The maximum atomic E-state index is 13.2. The summed E-state index contributed by atoms with van der Waals surface area (Å²) in [7, 11) is 1.74. The number of likely N-dealkylation sites (tertiary alicyclic amines) is 1. The maximum absolute atomic E-state index is 13.2. The van der Waals surface area contributed by atoms with E-state index in [1.165, 1.54) is 18.6 Å². The average molecular weight is 347 g/mol. The summed E-state index contributed by atoms with van der Waals surface area (Å²) in [5, 5.41) is 3.01. The lowest BCUT2D eigenvalue weighted by Crippen LogP contribution is -2.39. The quantitative estimate of drug-likeness (QED) is 0.844. The highest BCUT2D eigenvalue weighted by Crippen LogP contribution is 2.16. The van der Waals surface area contributed by atoms with E-state index in [1.54, 1.807) is 18.0 Å². The number of hydrogen-bond acceptors (Lipinski definition) is 3. The third-order valence-electron chi connectivity index (χ3n) is 4.68. The summed E-state index contributed by atoms with van der Waals surface area (Å²) in [6, 6.07) is 4.31. The number of urea groups is 1. The molecule has 1 aromatic heterocycles. The third-order valence-corrected chi connectivity index (χ3v) is 4.68. The van der Waals surface area contributed by atoms with Crippen LogP contribution in [0.5, 0.6) is 0 Å². The molecule has 0 aliphatic carbocycles. The fourth-order valence-electron chi connectivity index (χ4n) is 3.37. The smallest absolute Gasteiger partial charge is 0.317 e. The predicted molar refractivity (Wildman–Crippen MR) is 95.8 cm³/mol. The van der Waals surface area contributed by atoms with E-state index in [4.69, 9.17) is 0 Å². The third kappa shape index (κ3) is 4.48. The molecule has 1 aromatic carbocycles. The summed E-state index contributed by atoms with van der Waals surface area (Å²) < 4.78 is 13.2. The van der Waals surface area contributed by atoms with Crippen molar-refractivity contribution in [3.8, 4) is 0 Å². The summed E-state index contributed by atoms with van der Waals surface area (Å²) in [5.74, 6) is 0.869. The molecule has 1 saturated heterocycles. The van der Waals surface area contributed by atoms with Gasteiger partial charge in [-0.1, -0.05) is 6.92 Å². The number of hydrogen-bond donors (Lipinski definition) is 2. The summed E-state index contributed by atoms with van der Waals surface area (Å²) >= 11 is 0. The van der Waals surface area contributed by atoms with Gasteiger partial charge in [0.25, 0.3) is 0 Å². The van der Waals surface area contributed by atoms with Crippen LogP contribution >= 0.6 is 0 Å². The Morgan fingerprint density at radius 3 is 3.16 bits per heavy atom. The number of aromatic amines is 1. The van der Waals surface area contributed by atoms with Crippen molar-refractivity contribution >= 4 is 17.1 Å². The molecule has 1 atom stereocenters. The number of aromatic nitrogens is 2. The molecule has 7 heteroatoms. The van der Waals surface area contributed by atoms with Gasteiger partial charge in [0.05, 0.1) is 17.6 Å². The molecule has 2 heterocycles. The number of imidazole rings is 1. The second-order valence-electron chi connectivity index (χ2n) is 6.84. The van der Waals surface area contributed by atoms with Crippen molar-refractivity contribution in [1.82, 2.24) is 25.1 Å². The van der Waals surface area contributed by atoms with Crippen LogP contribution in [0, 0.1) is 11.7 Å². The molecule has 1 unspecified atom stereocenters. The Balaban J connectivity index is 1.48. The van der Waals surface area contributed by atoms with Gasteiger partial charge >= 0.3 is 6.03 Å². The Morgan fingerprint density at radius 1 is 1.52 bits per heavy atom. The lowest BCUT2D eigenvalue weighted by atomic mass is 10.1. The zero-order valence-corrected chi connectivity index (χ0v) is 14.9. The largest absolute Gasteiger partial charge is 0.340 e. The second kappa shape index (κ2) is 7.82. The normalized spacial score (nSPS) is 18.0. The van der Waals surface area contributed by atoms with Gasteiger partial charge in [-0.3, -0.25) is 0 Å². The molecule has 2 amide bonds. The monoisotopic (exact) mass is 347 g/mol. The number of nitrogens with zero attached hydrogens (tertiary/aromatic N) is 3. The zero-order valence-electron chi connectivity index (χ0n) is 14.9. The first-order valence-corrected chi connectivity index (χ1v) is 8.90. The van der Waals surface area contributed by atoms with Gasteiger partial charge in [-0.15, -0.1) is 0 Å². The van der Waals surface area contributed by atoms with Crippen LogP contribution in [0.2, 0.25) is 0 Å². The second-order valence-corrected chi connectivity index (χ2v) is 6.84. The van der Waals surface area contributed by atoms with Gasteiger partial charge in [0.2, 0.25) is 0 Å². The lowest BCUT2D eigenvalue weighted by molar-refractivity contribution is 0.203. The van der Waals surface area contributed by atoms with Crippen LogP contribution in [0.3, 0.4) is 0 Å². The molecule has 136 valence electrons. The average Bonchev–Trinajstić information content (AvgIpc) is 3.18. The molecule has 0 spiro atoms. The summed E-state index contributed by atoms with van der Waals surface area (Å²) in [4.78, 5) is 23.8. The molecule has 0 radical (unpaired) electrons. The zero-order chi connectivity index (χ0) is 17.8. The molecule has 25 heavy (non-hydrogen) atoms. The van der Waals surface area contributed by atoms with E-state index in [9.17, 15) is 9.18 Å². The molecule has 3 rings (SSSR count). The molecule has 1 aliphatic heterocycles. The SMILES string of the molecule is CCCN1CCC(CNC(=O)N(C)Cc2nc3ccc(F)cc3[nH]2)C1. The standard InChI is InChI=1S/C18H26FN5O/c1-3-7-24-8-6-13(11-24)10-20-18(25)23(2)12-17-21-15-5-4-14(19)9-16(15)22-17/h4-5,9,13H,3,6-8,10-12H2,1-2H3,(H,20,25)(H,21,22). The highest BCUT2D eigenvalue weighted by atomic mass is 19.1. The van der Waals surface area contributed by atoms with Crippen LogP contribution in [0.4, 0.5) is 9.18 Å². The van der Waals surface area contributed by atoms with Gasteiger partial charge < -0.3 is 20.1 Å². The number of halogens is 1. The fourth-order valence-corrected chi connectivity index (χ4v) is 3.37. The Bertz CT molecular complexity index is 731. The van der Waals surface area contributed by atoms with Crippen molar-refractivity contribution in [1.29, 1.82) is 0 Å². The number of amides is 2. The van der Waals surface area contributed by atoms with E-state index >= 15 is 0 Å². The molecule has 1 aliphatic rings. The number of rotatable bonds is 6. The molecule has 0 bridgehead atoms. The Labute approximate surface area is 147 Å². The maximum Gasteiger partial charge on any atom is 0.317 e. The molecule has 6 nitrogen and oxygen atoms in total. The lowest BCUT2D eigenvalue weighted by Gasteiger charge is -2.19.